The van der Waals surface area contributed by atoms with E-state index in [0.717, 1.165) is 30.5 Å². The van der Waals surface area contributed by atoms with Crippen molar-refractivity contribution in [3.8, 4) is 0 Å². The quantitative estimate of drug-likeness (QED) is 0.872. The van der Waals surface area contributed by atoms with Gasteiger partial charge in [0.15, 0.2) is 0 Å². The van der Waals surface area contributed by atoms with E-state index in [-0.39, 0.29) is 6.04 Å². The molecule has 1 unspecified atom stereocenters. The monoisotopic (exact) mass is 228 g/mol. The van der Waals surface area contributed by atoms with Crippen LogP contribution in [0.4, 0.5) is 0 Å². The van der Waals surface area contributed by atoms with Crippen LogP contribution in [0.3, 0.4) is 0 Å². The van der Waals surface area contributed by atoms with E-state index in [2.05, 4.69) is 36.2 Å². The Morgan fingerprint density at radius 1 is 1.29 bits per heavy atom. The van der Waals surface area contributed by atoms with Gasteiger partial charge < -0.3 is 5.73 Å². The van der Waals surface area contributed by atoms with Crippen LogP contribution < -0.4 is 5.73 Å². The molecule has 90 valence electrons. The number of fused-ring (bicyclic) bond motifs is 1. The molecule has 0 saturated carbocycles. The Morgan fingerprint density at radius 2 is 2.06 bits per heavy atom. The van der Waals surface area contributed by atoms with Crippen molar-refractivity contribution in [2.24, 2.45) is 5.73 Å². The van der Waals surface area contributed by atoms with Crippen molar-refractivity contribution in [2.45, 2.75) is 39.2 Å². The Morgan fingerprint density at radius 3 is 2.82 bits per heavy atom. The summed E-state index contributed by atoms with van der Waals surface area (Å²) < 4.78 is 0. The van der Waals surface area contributed by atoms with E-state index in [9.17, 15) is 0 Å². The van der Waals surface area contributed by atoms with Crippen LogP contribution in [0.25, 0.3) is 10.9 Å². The molecule has 2 N–H and O–H groups in total. The fraction of sp³-hybridized carbons (Fsp3) is 0.400. The molecule has 17 heavy (non-hydrogen) atoms. The molecule has 0 radical (unpaired) electrons. The van der Waals surface area contributed by atoms with Crippen LogP contribution in [-0.4, -0.2) is 11.0 Å². The van der Waals surface area contributed by atoms with Crippen molar-refractivity contribution in [2.75, 3.05) is 0 Å². The summed E-state index contributed by atoms with van der Waals surface area (Å²) in [5.74, 6) is 0. The topological polar surface area (TPSA) is 38.9 Å². The highest BCUT2D eigenvalue weighted by atomic mass is 14.7. The van der Waals surface area contributed by atoms with Gasteiger partial charge in [0.25, 0.3) is 0 Å². The van der Waals surface area contributed by atoms with Gasteiger partial charge in [-0.05, 0) is 37.5 Å². The largest absolute Gasteiger partial charge is 0.327 e. The number of pyridine rings is 1. The highest BCUT2D eigenvalue weighted by Gasteiger charge is 2.08. The van der Waals surface area contributed by atoms with Crippen LogP contribution in [0.5, 0.6) is 0 Å². The molecular weight excluding hydrogens is 208 g/mol. The van der Waals surface area contributed by atoms with Crippen LogP contribution in [-0.2, 0) is 6.42 Å². The first-order valence-electron chi connectivity index (χ1n) is 6.31. The Hall–Kier alpha value is -1.41. The first-order chi connectivity index (χ1) is 8.20. The maximum absolute atomic E-state index is 6.14. The van der Waals surface area contributed by atoms with Gasteiger partial charge in [0.05, 0.1) is 5.52 Å². The van der Waals surface area contributed by atoms with Gasteiger partial charge in [-0.25, -0.2) is 0 Å². The van der Waals surface area contributed by atoms with Gasteiger partial charge in [-0.15, -0.1) is 0 Å². The number of hydrogen-bond acceptors (Lipinski definition) is 2. The summed E-state index contributed by atoms with van der Waals surface area (Å²) in [6, 6.07) is 10.7. The molecule has 0 fully saturated rings. The zero-order chi connectivity index (χ0) is 12.3. The number of nitrogens with zero attached hydrogens (tertiary/aromatic N) is 1. The average molecular weight is 228 g/mol. The standard InChI is InChI=1S/C15H20N2/c1-3-6-13(16)10-12-9-11(2)17-15-8-5-4-7-14(12)15/h4-5,7-9,13H,3,6,10,16H2,1-2H3. The van der Waals surface area contributed by atoms with E-state index in [1.165, 1.54) is 10.9 Å². The van der Waals surface area contributed by atoms with E-state index in [1.807, 2.05) is 13.0 Å². The Bertz CT molecular complexity index is 505. The number of hydrogen-bond donors (Lipinski definition) is 1. The van der Waals surface area contributed by atoms with E-state index >= 15 is 0 Å². The van der Waals surface area contributed by atoms with Gasteiger partial charge in [-0.2, -0.15) is 0 Å². The smallest absolute Gasteiger partial charge is 0.0707 e. The lowest BCUT2D eigenvalue weighted by Crippen LogP contribution is -2.22. The summed E-state index contributed by atoms with van der Waals surface area (Å²) in [6.45, 7) is 4.22. The minimum atomic E-state index is 0.255. The maximum atomic E-state index is 6.14. The molecule has 0 spiro atoms. The highest BCUT2D eigenvalue weighted by molar-refractivity contribution is 5.82. The molecule has 0 saturated heterocycles. The molecule has 1 heterocycles. The lowest BCUT2D eigenvalue weighted by Gasteiger charge is -2.13. The summed E-state index contributed by atoms with van der Waals surface area (Å²) in [5, 5.41) is 1.24. The molecule has 2 nitrogen and oxygen atoms in total. The molecule has 0 bridgehead atoms. The minimum absolute atomic E-state index is 0.255. The Kier molecular flexibility index (Phi) is 3.75. The van der Waals surface area contributed by atoms with Gasteiger partial charge >= 0.3 is 0 Å². The molecular formula is C15H20N2. The summed E-state index contributed by atoms with van der Waals surface area (Å²) in [4.78, 5) is 4.55. The van der Waals surface area contributed by atoms with Gasteiger partial charge in [0.2, 0.25) is 0 Å². The molecule has 2 rings (SSSR count). The van der Waals surface area contributed by atoms with Crippen molar-refractivity contribution >= 4 is 10.9 Å². The molecule has 1 aromatic carbocycles. The van der Waals surface area contributed by atoms with Crippen molar-refractivity contribution in [1.82, 2.24) is 4.98 Å². The summed E-state index contributed by atoms with van der Waals surface area (Å²) in [6.07, 6.45) is 3.16. The zero-order valence-corrected chi connectivity index (χ0v) is 10.6. The number of aromatic nitrogens is 1. The molecule has 2 aromatic rings. The lowest BCUT2D eigenvalue weighted by molar-refractivity contribution is 0.602. The number of benzene rings is 1. The third-order valence-electron chi connectivity index (χ3n) is 3.07. The molecule has 1 atom stereocenters. The third-order valence-corrected chi connectivity index (χ3v) is 3.07. The first kappa shape index (κ1) is 12.1. The second kappa shape index (κ2) is 5.28. The molecule has 0 amide bonds. The molecule has 1 aromatic heterocycles. The second-order valence-electron chi connectivity index (χ2n) is 4.69. The van der Waals surface area contributed by atoms with Gasteiger partial charge in [0.1, 0.15) is 0 Å². The van der Waals surface area contributed by atoms with Gasteiger partial charge in [-0.1, -0.05) is 31.5 Å². The Labute approximate surface area is 103 Å². The highest BCUT2D eigenvalue weighted by Crippen LogP contribution is 2.19. The summed E-state index contributed by atoms with van der Waals surface area (Å²) in [5.41, 5.74) is 9.61. The lowest BCUT2D eigenvalue weighted by atomic mass is 9.99. The van der Waals surface area contributed by atoms with E-state index in [1.54, 1.807) is 0 Å². The molecule has 0 aliphatic rings. The van der Waals surface area contributed by atoms with Crippen LogP contribution >= 0.6 is 0 Å². The Balaban J connectivity index is 2.38. The van der Waals surface area contributed by atoms with Crippen molar-refractivity contribution in [1.29, 1.82) is 0 Å². The van der Waals surface area contributed by atoms with Crippen LogP contribution in [0.1, 0.15) is 31.0 Å². The SMILES string of the molecule is CCCC(N)Cc1cc(C)nc2ccccc12. The third kappa shape index (κ3) is 2.83. The van der Waals surface area contributed by atoms with Crippen LogP contribution in [0.2, 0.25) is 0 Å². The maximum Gasteiger partial charge on any atom is 0.0707 e. The normalized spacial score (nSPS) is 12.9. The first-order valence-corrected chi connectivity index (χ1v) is 6.31. The van der Waals surface area contributed by atoms with Crippen LogP contribution in [0.15, 0.2) is 30.3 Å². The van der Waals surface area contributed by atoms with Crippen LogP contribution in [0, 0.1) is 6.92 Å². The average Bonchev–Trinajstić information content (AvgIpc) is 2.29. The van der Waals surface area contributed by atoms with Crippen molar-refractivity contribution in [3.05, 3.63) is 41.6 Å². The summed E-state index contributed by atoms with van der Waals surface area (Å²) in [7, 11) is 0. The number of nitrogens with two attached hydrogens (primary N) is 1. The predicted octanol–water partition coefficient (Wildman–Crippen LogP) is 3.21. The molecule has 2 heteroatoms. The predicted molar refractivity (Wildman–Crippen MR) is 73.1 cm³/mol. The number of rotatable bonds is 4. The summed E-state index contributed by atoms with van der Waals surface area (Å²) >= 11 is 0. The number of aryl methyl sites for hydroxylation is 1. The fourth-order valence-corrected chi connectivity index (χ4v) is 2.32. The second-order valence-corrected chi connectivity index (χ2v) is 4.69. The van der Waals surface area contributed by atoms with Crippen molar-refractivity contribution < 1.29 is 0 Å². The number of para-hydroxylation sites is 1. The zero-order valence-electron chi connectivity index (χ0n) is 10.6. The van der Waals surface area contributed by atoms with E-state index < -0.39 is 0 Å². The molecule has 0 aliphatic heterocycles. The van der Waals surface area contributed by atoms with E-state index in [0.29, 0.717) is 0 Å². The van der Waals surface area contributed by atoms with Gasteiger partial charge in [0, 0.05) is 17.1 Å². The van der Waals surface area contributed by atoms with Gasteiger partial charge in [-0.3, -0.25) is 4.98 Å². The minimum Gasteiger partial charge on any atom is -0.327 e. The fourth-order valence-electron chi connectivity index (χ4n) is 2.32. The molecule has 0 aliphatic carbocycles. The van der Waals surface area contributed by atoms with Crippen molar-refractivity contribution in [3.63, 3.8) is 0 Å². The van der Waals surface area contributed by atoms with E-state index in [4.69, 9.17) is 5.73 Å².